The molecule has 31 heavy (non-hydrogen) atoms. The van der Waals surface area contributed by atoms with Crippen molar-refractivity contribution >= 4 is 29.3 Å². The number of thioether (sulfide) groups is 1. The predicted octanol–water partition coefficient (Wildman–Crippen LogP) is 3.23. The molecule has 1 aliphatic heterocycles. The third-order valence-corrected chi connectivity index (χ3v) is 5.72. The zero-order valence-electron chi connectivity index (χ0n) is 17.0. The molecule has 0 saturated carbocycles. The summed E-state index contributed by atoms with van der Waals surface area (Å²) in [4.78, 5) is 26.3. The molecule has 160 valence electrons. The Hall–Kier alpha value is -3.20. The van der Waals surface area contributed by atoms with Crippen molar-refractivity contribution in [2.24, 2.45) is 0 Å². The highest BCUT2D eigenvalue weighted by Crippen LogP contribution is 2.23. The van der Waals surface area contributed by atoms with Gasteiger partial charge in [-0.2, -0.15) is 0 Å². The maximum Gasteiger partial charge on any atom is 0.251 e. The van der Waals surface area contributed by atoms with Crippen LogP contribution in [0, 0.1) is 5.82 Å². The van der Waals surface area contributed by atoms with Crippen LogP contribution in [0.4, 0.5) is 10.1 Å². The van der Waals surface area contributed by atoms with Gasteiger partial charge in [0.2, 0.25) is 5.91 Å². The third-order valence-electron chi connectivity index (χ3n) is 5.10. The second-order valence-corrected chi connectivity index (χ2v) is 7.89. The molecule has 1 aliphatic rings. The van der Waals surface area contributed by atoms with Gasteiger partial charge < -0.3 is 10.2 Å². The molecule has 0 aliphatic carbocycles. The average Bonchev–Trinajstić information content (AvgIpc) is 3.40. The quantitative estimate of drug-likeness (QED) is 0.572. The summed E-state index contributed by atoms with van der Waals surface area (Å²) in [6.45, 7) is 1.04. The fraction of sp³-hybridized carbons (Fsp3) is 0.273. The van der Waals surface area contributed by atoms with E-state index in [4.69, 9.17) is 0 Å². The Morgan fingerprint density at radius 1 is 1.16 bits per heavy atom. The molecule has 7 nitrogen and oxygen atoms in total. The fourth-order valence-electron chi connectivity index (χ4n) is 3.57. The molecule has 0 radical (unpaired) electrons. The molecule has 0 bridgehead atoms. The molecule has 4 rings (SSSR count). The molecule has 2 heterocycles. The van der Waals surface area contributed by atoms with E-state index in [2.05, 4.69) is 15.5 Å². The first-order valence-corrected chi connectivity index (χ1v) is 11.2. The molecule has 0 atom stereocenters. The molecule has 3 aromatic rings. The molecule has 1 saturated heterocycles. The van der Waals surface area contributed by atoms with E-state index in [0.29, 0.717) is 42.5 Å². The largest absolute Gasteiger partial charge is 0.352 e. The van der Waals surface area contributed by atoms with Crippen molar-refractivity contribution < 1.29 is 14.0 Å². The Morgan fingerprint density at radius 2 is 1.97 bits per heavy atom. The highest BCUT2D eigenvalue weighted by molar-refractivity contribution is 7.98. The lowest BCUT2D eigenvalue weighted by atomic mass is 10.1. The topological polar surface area (TPSA) is 80.1 Å². The van der Waals surface area contributed by atoms with E-state index in [0.717, 1.165) is 17.8 Å². The molecular formula is C22H22FN5O2S. The van der Waals surface area contributed by atoms with Gasteiger partial charge in [-0.15, -0.1) is 10.2 Å². The van der Waals surface area contributed by atoms with E-state index in [1.165, 1.54) is 23.9 Å². The van der Waals surface area contributed by atoms with Crippen LogP contribution in [0.3, 0.4) is 0 Å². The summed E-state index contributed by atoms with van der Waals surface area (Å²) in [5, 5.41) is 12.0. The van der Waals surface area contributed by atoms with Crippen LogP contribution in [0.2, 0.25) is 0 Å². The van der Waals surface area contributed by atoms with Gasteiger partial charge in [-0.25, -0.2) is 4.39 Å². The smallest absolute Gasteiger partial charge is 0.251 e. The Bertz CT molecular complexity index is 1100. The molecule has 2 aromatic carbocycles. The second kappa shape index (κ2) is 9.30. The summed E-state index contributed by atoms with van der Waals surface area (Å²) in [5.41, 5.74) is 2.01. The number of rotatable bonds is 7. The second-order valence-electron chi connectivity index (χ2n) is 7.12. The van der Waals surface area contributed by atoms with Gasteiger partial charge in [-0.1, -0.05) is 17.8 Å². The zero-order valence-corrected chi connectivity index (χ0v) is 17.9. The van der Waals surface area contributed by atoms with Gasteiger partial charge in [0.25, 0.3) is 5.91 Å². The number of carbonyl (C=O) groups excluding carboxylic acids is 2. The first kappa shape index (κ1) is 21.0. The summed E-state index contributed by atoms with van der Waals surface area (Å²) < 4.78 is 15.2. The number of anilines is 1. The lowest BCUT2D eigenvalue weighted by molar-refractivity contribution is -0.117. The molecule has 1 fully saturated rings. The summed E-state index contributed by atoms with van der Waals surface area (Å²) in [5.74, 6) is 0.232. The molecule has 1 N–H and O–H groups in total. The minimum absolute atomic E-state index is 0.0854. The first-order valence-electron chi connectivity index (χ1n) is 9.99. The highest BCUT2D eigenvalue weighted by atomic mass is 32.2. The van der Waals surface area contributed by atoms with E-state index in [1.807, 2.05) is 16.9 Å². The van der Waals surface area contributed by atoms with Gasteiger partial charge in [-0.05, 0) is 55.1 Å². The molecule has 0 unspecified atom stereocenters. The van der Waals surface area contributed by atoms with Gasteiger partial charge >= 0.3 is 0 Å². The lowest BCUT2D eigenvalue weighted by Crippen LogP contribution is -2.27. The van der Waals surface area contributed by atoms with Crippen LogP contribution in [-0.2, 0) is 11.2 Å². The van der Waals surface area contributed by atoms with Gasteiger partial charge in [0, 0.05) is 42.9 Å². The van der Waals surface area contributed by atoms with Crippen LogP contribution < -0.4 is 10.2 Å². The number of nitrogens with one attached hydrogen (secondary N) is 1. The molecular weight excluding hydrogens is 417 g/mol. The minimum atomic E-state index is -0.311. The molecule has 2 amide bonds. The number of nitrogens with zero attached hydrogens (tertiary/aromatic N) is 4. The number of halogens is 1. The van der Waals surface area contributed by atoms with E-state index < -0.39 is 0 Å². The fourth-order valence-corrected chi connectivity index (χ4v) is 4.09. The van der Waals surface area contributed by atoms with E-state index in [1.54, 1.807) is 35.2 Å². The Balaban J connectivity index is 1.43. The van der Waals surface area contributed by atoms with Crippen molar-refractivity contribution in [1.29, 1.82) is 0 Å². The van der Waals surface area contributed by atoms with Crippen molar-refractivity contribution in [3.63, 3.8) is 0 Å². The maximum absolute atomic E-state index is 13.3. The number of hydrogen-bond acceptors (Lipinski definition) is 5. The Morgan fingerprint density at radius 3 is 2.68 bits per heavy atom. The average molecular weight is 440 g/mol. The number of carbonyl (C=O) groups is 2. The Kier molecular flexibility index (Phi) is 6.31. The maximum atomic E-state index is 13.3. The summed E-state index contributed by atoms with van der Waals surface area (Å²) in [6, 6.07) is 13.2. The van der Waals surface area contributed by atoms with Crippen LogP contribution in [-0.4, -0.2) is 45.9 Å². The zero-order chi connectivity index (χ0) is 21.8. The van der Waals surface area contributed by atoms with Crippen LogP contribution in [0.25, 0.3) is 5.69 Å². The van der Waals surface area contributed by atoms with Gasteiger partial charge in [0.1, 0.15) is 11.6 Å². The van der Waals surface area contributed by atoms with Crippen molar-refractivity contribution in [2.45, 2.75) is 24.4 Å². The summed E-state index contributed by atoms with van der Waals surface area (Å²) >= 11 is 1.44. The van der Waals surface area contributed by atoms with Crippen LogP contribution >= 0.6 is 11.8 Å². The normalized spacial score (nSPS) is 13.6. The van der Waals surface area contributed by atoms with E-state index in [9.17, 15) is 14.0 Å². The van der Waals surface area contributed by atoms with Crippen LogP contribution in [0.5, 0.6) is 0 Å². The molecule has 0 spiro atoms. The summed E-state index contributed by atoms with van der Waals surface area (Å²) in [7, 11) is 0. The number of aromatic nitrogens is 3. The van der Waals surface area contributed by atoms with Gasteiger partial charge in [-0.3, -0.25) is 14.2 Å². The van der Waals surface area contributed by atoms with Gasteiger partial charge in [0.15, 0.2) is 5.16 Å². The standard InChI is InChI=1S/C22H22FN5O2S/c1-31-22-26-25-19(28(22)17-9-7-16(23)8-10-17)11-12-24-21(30)15-4-2-5-18(14-15)27-13-3-6-20(27)29/h2,4-5,7-10,14H,3,6,11-13H2,1H3,(H,24,30). The van der Waals surface area contributed by atoms with Gasteiger partial charge in [0.05, 0.1) is 0 Å². The van der Waals surface area contributed by atoms with Crippen LogP contribution in [0.15, 0.2) is 53.7 Å². The Labute approximate surface area is 183 Å². The number of benzene rings is 2. The molecule has 1 aromatic heterocycles. The number of hydrogen-bond donors (Lipinski definition) is 1. The monoisotopic (exact) mass is 439 g/mol. The van der Waals surface area contributed by atoms with Crippen LogP contribution in [0.1, 0.15) is 29.0 Å². The lowest BCUT2D eigenvalue weighted by Gasteiger charge is -2.16. The highest BCUT2D eigenvalue weighted by Gasteiger charge is 2.22. The molecule has 9 heteroatoms. The SMILES string of the molecule is CSc1nnc(CCNC(=O)c2cccc(N3CCCC3=O)c2)n1-c1ccc(F)cc1. The van der Waals surface area contributed by atoms with E-state index >= 15 is 0 Å². The number of amides is 2. The van der Waals surface area contributed by atoms with Crippen molar-refractivity contribution in [1.82, 2.24) is 20.1 Å². The van der Waals surface area contributed by atoms with Crippen molar-refractivity contribution in [3.05, 3.63) is 65.7 Å². The first-order chi connectivity index (χ1) is 15.1. The third kappa shape index (κ3) is 4.61. The van der Waals surface area contributed by atoms with Crippen molar-refractivity contribution in [3.8, 4) is 5.69 Å². The predicted molar refractivity (Wildman–Crippen MR) is 117 cm³/mol. The summed E-state index contributed by atoms with van der Waals surface area (Å²) in [6.07, 6.45) is 3.74. The minimum Gasteiger partial charge on any atom is -0.352 e. The van der Waals surface area contributed by atoms with E-state index in [-0.39, 0.29) is 17.6 Å². The van der Waals surface area contributed by atoms with Crippen molar-refractivity contribution in [2.75, 3.05) is 24.2 Å².